The maximum atomic E-state index is 12.6. The maximum Gasteiger partial charge on any atom is 0.294 e. The lowest BCUT2D eigenvalue weighted by Gasteiger charge is -2.15. The molecular formula is C22H19N3O4S. The molecule has 0 radical (unpaired) electrons. The van der Waals surface area contributed by atoms with Gasteiger partial charge in [0.2, 0.25) is 5.91 Å². The van der Waals surface area contributed by atoms with Crippen LogP contribution in [0.2, 0.25) is 0 Å². The van der Waals surface area contributed by atoms with Crippen LogP contribution in [0.1, 0.15) is 16.7 Å². The fourth-order valence-corrected chi connectivity index (χ4v) is 3.74. The lowest BCUT2D eigenvalue weighted by Crippen LogP contribution is -2.36. The van der Waals surface area contributed by atoms with Crippen molar-refractivity contribution < 1.29 is 19.1 Å². The zero-order valence-electron chi connectivity index (χ0n) is 16.5. The molecule has 3 rings (SSSR count). The number of imide groups is 1. The molecule has 2 aromatic carbocycles. The van der Waals surface area contributed by atoms with Gasteiger partial charge in [0.05, 0.1) is 4.91 Å². The van der Waals surface area contributed by atoms with Crippen molar-refractivity contribution in [3.8, 4) is 11.8 Å². The quantitative estimate of drug-likeness (QED) is 0.711. The Morgan fingerprint density at radius 1 is 1.17 bits per heavy atom. The number of thioether (sulfide) groups is 1. The van der Waals surface area contributed by atoms with Crippen LogP contribution in [0.15, 0.2) is 47.4 Å². The minimum absolute atomic E-state index is 0.0532. The number of nitriles is 1. The van der Waals surface area contributed by atoms with Crippen LogP contribution in [0, 0.1) is 25.2 Å². The molecule has 1 fully saturated rings. The Kier molecular flexibility index (Phi) is 6.54. The number of ether oxygens (including phenoxy) is 1. The van der Waals surface area contributed by atoms with E-state index < -0.39 is 17.1 Å². The number of carbonyl (C=O) groups excluding carboxylic acids is 3. The van der Waals surface area contributed by atoms with Gasteiger partial charge in [0.25, 0.3) is 11.1 Å². The second-order valence-corrected chi connectivity index (χ2v) is 7.59. The van der Waals surface area contributed by atoms with Crippen LogP contribution in [0.3, 0.4) is 0 Å². The average molecular weight is 421 g/mol. The standard InChI is InChI=1S/C22H19N3O4S/c1-14-4-3-5-15(2)20(14)24-19(26)13-25-21(27)18(30-22(25)28)12-16-6-8-17(9-7-16)29-11-10-23/h3-9,12H,11,13H2,1-2H3,(H,24,26)/b18-12-. The molecule has 1 heterocycles. The molecule has 0 aliphatic carbocycles. The van der Waals surface area contributed by atoms with Crippen LogP contribution in [0.4, 0.5) is 10.5 Å². The highest BCUT2D eigenvalue weighted by atomic mass is 32.2. The smallest absolute Gasteiger partial charge is 0.294 e. The molecule has 1 saturated heterocycles. The lowest BCUT2D eigenvalue weighted by molar-refractivity contribution is -0.127. The Balaban J connectivity index is 1.68. The molecule has 152 valence electrons. The van der Waals surface area contributed by atoms with Gasteiger partial charge in [0, 0.05) is 5.69 Å². The first-order valence-electron chi connectivity index (χ1n) is 9.10. The maximum absolute atomic E-state index is 12.6. The molecule has 7 nitrogen and oxygen atoms in total. The van der Waals surface area contributed by atoms with E-state index in [9.17, 15) is 14.4 Å². The molecule has 30 heavy (non-hydrogen) atoms. The highest BCUT2D eigenvalue weighted by Crippen LogP contribution is 2.32. The lowest BCUT2D eigenvalue weighted by atomic mass is 10.1. The van der Waals surface area contributed by atoms with E-state index in [0.717, 1.165) is 27.8 Å². The third kappa shape index (κ3) is 4.88. The van der Waals surface area contributed by atoms with Crippen molar-refractivity contribution in [3.63, 3.8) is 0 Å². The van der Waals surface area contributed by atoms with Crippen molar-refractivity contribution >= 4 is 40.6 Å². The highest BCUT2D eigenvalue weighted by molar-refractivity contribution is 8.18. The zero-order valence-corrected chi connectivity index (χ0v) is 17.3. The number of hydrogen-bond acceptors (Lipinski definition) is 6. The molecule has 1 aliphatic rings. The number of rotatable bonds is 6. The third-order valence-electron chi connectivity index (χ3n) is 4.40. The van der Waals surface area contributed by atoms with Gasteiger partial charge in [0.1, 0.15) is 18.4 Å². The van der Waals surface area contributed by atoms with Crippen molar-refractivity contribution in [3.05, 3.63) is 64.1 Å². The van der Waals surface area contributed by atoms with Crippen molar-refractivity contribution in [1.29, 1.82) is 5.26 Å². The van der Waals surface area contributed by atoms with Crippen LogP contribution in [-0.4, -0.2) is 35.1 Å². The SMILES string of the molecule is Cc1cccc(C)c1NC(=O)CN1C(=O)S/C(=C\c2ccc(OCC#N)cc2)C1=O. The van der Waals surface area contributed by atoms with Crippen LogP contribution >= 0.6 is 11.8 Å². The second-order valence-electron chi connectivity index (χ2n) is 6.60. The molecule has 0 bridgehead atoms. The number of carbonyl (C=O) groups is 3. The van der Waals surface area contributed by atoms with Gasteiger partial charge >= 0.3 is 0 Å². The van der Waals surface area contributed by atoms with E-state index in [2.05, 4.69) is 5.32 Å². The zero-order chi connectivity index (χ0) is 21.7. The number of benzene rings is 2. The summed E-state index contributed by atoms with van der Waals surface area (Å²) in [6.07, 6.45) is 1.59. The van der Waals surface area contributed by atoms with Gasteiger partial charge in [-0.3, -0.25) is 19.3 Å². The molecule has 0 atom stereocenters. The Bertz CT molecular complexity index is 1050. The van der Waals surface area contributed by atoms with Gasteiger partial charge in [0.15, 0.2) is 6.61 Å². The van der Waals surface area contributed by atoms with Gasteiger partial charge in [-0.25, -0.2) is 0 Å². The monoisotopic (exact) mass is 421 g/mol. The Labute approximate surface area is 178 Å². The molecule has 1 aliphatic heterocycles. The first kappa shape index (κ1) is 21.1. The molecule has 0 aromatic heterocycles. The number of nitrogens with one attached hydrogen (secondary N) is 1. The summed E-state index contributed by atoms with van der Waals surface area (Å²) < 4.78 is 5.18. The predicted octanol–water partition coefficient (Wildman–Crippen LogP) is 3.88. The van der Waals surface area contributed by atoms with E-state index in [4.69, 9.17) is 10.00 Å². The minimum atomic E-state index is -0.508. The van der Waals surface area contributed by atoms with Crippen molar-refractivity contribution in [2.45, 2.75) is 13.8 Å². The Morgan fingerprint density at radius 2 is 1.83 bits per heavy atom. The number of anilines is 1. The molecule has 8 heteroatoms. The van der Waals surface area contributed by atoms with Crippen molar-refractivity contribution in [2.24, 2.45) is 0 Å². The average Bonchev–Trinajstić information content (AvgIpc) is 2.97. The molecule has 2 aromatic rings. The number of nitrogens with zero attached hydrogens (tertiary/aromatic N) is 2. The topological polar surface area (TPSA) is 99.5 Å². The fourth-order valence-electron chi connectivity index (χ4n) is 2.90. The number of hydrogen-bond donors (Lipinski definition) is 1. The van der Waals surface area contributed by atoms with E-state index in [1.807, 2.05) is 38.1 Å². The first-order valence-corrected chi connectivity index (χ1v) is 9.92. The third-order valence-corrected chi connectivity index (χ3v) is 5.31. The van der Waals surface area contributed by atoms with Gasteiger partial charge in [-0.2, -0.15) is 5.26 Å². The van der Waals surface area contributed by atoms with Crippen LogP contribution in [-0.2, 0) is 9.59 Å². The molecule has 0 saturated carbocycles. The van der Waals surface area contributed by atoms with E-state index in [1.54, 1.807) is 30.3 Å². The van der Waals surface area contributed by atoms with Crippen molar-refractivity contribution in [2.75, 3.05) is 18.5 Å². The van der Waals surface area contributed by atoms with Crippen LogP contribution in [0.25, 0.3) is 6.08 Å². The molecule has 0 unspecified atom stereocenters. The van der Waals surface area contributed by atoms with Gasteiger partial charge in [-0.05, 0) is 60.5 Å². The van der Waals surface area contributed by atoms with Crippen molar-refractivity contribution in [1.82, 2.24) is 4.90 Å². The summed E-state index contributed by atoms with van der Waals surface area (Å²) in [6.45, 7) is 3.35. The predicted molar refractivity (Wildman–Crippen MR) is 115 cm³/mol. The molecule has 3 amide bonds. The second kappa shape index (κ2) is 9.29. The molecule has 1 N–H and O–H groups in total. The fraction of sp³-hybridized carbons (Fsp3) is 0.182. The van der Waals surface area contributed by atoms with Gasteiger partial charge < -0.3 is 10.1 Å². The normalized spacial score (nSPS) is 14.7. The summed E-state index contributed by atoms with van der Waals surface area (Å²) in [5.74, 6) is -0.411. The summed E-state index contributed by atoms with van der Waals surface area (Å²) in [6, 6.07) is 14.3. The Morgan fingerprint density at radius 3 is 2.47 bits per heavy atom. The van der Waals surface area contributed by atoms with Crippen LogP contribution < -0.4 is 10.1 Å². The first-order chi connectivity index (χ1) is 14.4. The molecular weight excluding hydrogens is 402 g/mol. The number of para-hydroxylation sites is 1. The molecule has 0 spiro atoms. The highest BCUT2D eigenvalue weighted by Gasteiger charge is 2.36. The van der Waals surface area contributed by atoms with E-state index >= 15 is 0 Å². The number of amides is 3. The summed E-state index contributed by atoms with van der Waals surface area (Å²) in [5.41, 5.74) is 3.19. The summed E-state index contributed by atoms with van der Waals surface area (Å²) in [7, 11) is 0. The van der Waals surface area contributed by atoms with Gasteiger partial charge in [-0.1, -0.05) is 30.3 Å². The minimum Gasteiger partial charge on any atom is -0.479 e. The summed E-state index contributed by atoms with van der Waals surface area (Å²) >= 11 is 0.794. The van der Waals surface area contributed by atoms with E-state index in [-0.39, 0.29) is 18.1 Å². The summed E-state index contributed by atoms with van der Waals surface area (Å²) in [5, 5.41) is 10.8. The Hall–Kier alpha value is -3.57. The number of aryl methyl sites for hydroxylation is 2. The van der Waals surface area contributed by atoms with E-state index in [1.165, 1.54) is 0 Å². The largest absolute Gasteiger partial charge is 0.479 e. The van der Waals surface area contributed by atoms with Gasteiger partial charge in [-0.15, -0.1) is 0 Å². The summed E-state index contributed by atoms with van der Waals surface area (Å²) in [4.78, 5) is 38.5. The van der Waals surface area contributed by atoms with Crippen LogP contribution in [0.5, 0.6) is 5.75 Å². The van der Waals surface area contributed by atoms with E-state index in [0.29, 0.717) is 17.0 Å².